The zero-order valence-electron chi connectivity index (χ0n) is 9.00. The Hall–Kier alpha value is -1.81. The molecule has 0 saturated carbocycles. The summed E-state index contributed by atoms with van der Waals surface area (Å²) in [5.41, 5.74) is 2.07. The van der Waals surface area contributed by atoms with Gasteiger partial charge < -0.3 is 5.32 Å². The summed E-state index contributed by atoms with van der Waals surface area (Å²) < 4.78 is 0. The predicted octanol–water partition coefficient (Wildman–Crippen LogP) is 1.20. The van der Waals surface area contributed by atoms with Crippen molar-refractivity contribution in [1.82, 2.24) is 20.3 Å². The highest BCUT2D eigenvalue weighted by molar-refractivity contribution is 5.03. The highest BCUT2D eigenvalue weighted by atomic mass is 14.9. The Labute approximate surface area is 94.8 Å². The molecule has 82 valence electrons. The van der Waals surface area contributed by atoms with Gasteiger partial charge >= 0.3 is 0 Å². The normalized spacial score (nSPS) is 10.2. The minimum Gasteiger partial charge on any atom is -0.311 e. The summed E-state index contributed by atoms with van der Waals surface area (Å²) in [4.78, 5) is 12.4. The molecule has 0 unspecified atom stereocenters. The van der Waals surface area contributed by atoms with E-state index >= 15 is 0 Å². The zero-order chi connectivity index (χ0) is 11.1. The number of hydrogen-bond donors (Lipinski definition) is 1. The Kier molecular flexibility index (Phi) is 3.96. The van der Waals surface area contributed by atoms with Crippen LogP contribution < -0.4 is 5.32 Å². The van der Waals surface area contributed by atoms with Crippen molar-refractivity contribution in [3.63, 3.8) is 0 Å². The molecule has 0 fully saturated rings. The molecular weight excluding hydrogens is 200 g/mol. The van der Waals surface area contributed by atoms with Crippen LogP contribution in [0, 0.1) is 0 Å². The van der Waals surface area contributed by atoms with Gasteiger partial charge in [0.2, 0.25) is 0 Å². The first-order valence-corrected chi connectivity index (χ1v) is 5.30. The molecule has 2 aromatic heterocycles. The highest BCUT2D eigenvalue weighted by Gasteiger charge is 1.94. The number of pyridine rings is 1. The fraction of sp³-hybridized carbons (Fsp3) is 0.250. The topological polar surface area (TPSA) is 50.7 Å². The van der Waals surface area contributed by atoms with Gasteiger partial charge in [0, 0.05) is 50.0 Å². The Balaban J connectivity index is 1.70. The Bertz CT molecular complexity index is 360. The van der Waals surface area contributed by atoms with E-state index in [4.69, 9.17) is 0 Å². The quantitative estimate of drug-likeness (QED) is 0.760. The van der Waals surface area contributed by atoms with Gasteiger partial charge in [-0.3, -0.25) is 15.0 Å². The van der Waals surface area contributed by atoms with Gasteiger partial charge in [0.05, 0.1) is 5.69 Å². The lowest BCUT2D eigenvalue weighted by atomic mass is 10.3. The molecule has 0 bridgehead atoms. The molecule has 0 aliphatic heterocycles. The molecule has 0 aromatic carbocycles. The van der Waals surface area contributed by atoms with Crippen LogP contribution in [-0.4, -0.2) is 21.5 Å². The number of nitrogens with zero attached hydrogens (tertiary/aromatic N) is 3. The van der Waals surface area contributed by atoms with Gasteiger partial charge in [0.15, 0.2) is 0 Å². The minimum absolute atomic E-state index is 0.751. The smallest absolute Gasteiger partial charge is 0.0724 e. The van der Waals surface area contributed by atoms with Gasteiger partial charge in [-0.05, 0) is 12.1 Å². The lowest BCUT2D eigenvalue weighted by Gasteiger charge is -2.03. The second-order valence-corrected chi connectivity index (χ2v) is 3.44. The van der Waals surface area contributed by atoms with Gasteiger partial charge in [0.1, 0.15) is 0 Å². The highest BCUT2D eigenvalue weighted by Crippen LogP contribution is 1.94. The summed E-state index contributed by atoms with van der Waals surface area (Å²) >= 11 is 0. The monoisotopic (exact) mass is 214 g/mol. The standard InChI is InChI=1S/C12H14N4/c1-2-5-15-11(3-1)4-6-13-9-12-10-14-7-8-16-12/h1-3,5,7-8,10,13H,4,6,9H2. The van der Waals surface area contributed by atoms with Crippen LogP contribution in [0.15, 0.2) is 43.0 Å². The van der Waals surface area contributed by atoms with Crippen molar-refractivity contribution in [2.45, 2.75) is 13.0 Å². The van der Waals surface area contributed by atoms with E-state index in [-0.39, 0.29) is 0 Å². The molecular formula is C12H14N4. The summed E-state index contributed by atoms with van der Waals surface area (Å²) in [6.45, 7) is 1.65. The van der Waals surface area contributed by atoms with Crippen LogP contribution in [0.5, 0.6) is 0 Å². The molecule has 4 nitrogen and oxygen atoms in total. The first kappa shape index (κ1) is 10.7. The number of hydrogen-bond acceptors (Lipinski definition) is 4. The van der Waals surface area contributed by atoms with E-state index in [1.165, 1.54) is 0 Å². The van der Waals surface area contributed by atoms with Gasteiger partial charge in [0.25, 0.3) is 0 Å². The van der Waals surface area contributed by atoms with Crippen molar-refractivity contribution in [2.75, 3.05) is 6.54 Å². The van der Waals surface area contributed by atoms with Crippen molar-refractivity contribution in [2.24, 2.45) is 0 Å². The maximum Gasteiger partial charge on any atom is 0.0724 e. The van der Waals surface area contributed by atoms with E-state index in [0.29, 0.717) is 0 Å². The van der Waals surface area contributed by atoms with Crippen LogP contribution in [0.4, 0.5) is 0 Å². The largest absolute Gasteiger partial charge is 0.311 e. The zero-order valence-corrected chi connectivity index (χ0v) is 9.00. The summed E-state index contributed by atoms with van der Waals surface area (Å²) in [6, 6.07) is 5.96. The van der Waals surface area contributed by atoms with Crippen molar-refractivity contribution in [3.05, 3.63) is 54.4 Å². The van der Waals surface area contributed by atoms with Crippen LogP contribution in [0.3, 0.4) is 0 Å². The lowest BCUT2D eigenvalue weighted by Crippen LogP contribution is -2.17. The van der Waals surface area contributed by atoms with Gasteiger partial charge in [-0.1, -0.05) is 6.07 Å². The maximum atomic E-state index is 4.26. The third-order valence-electron chi connectivity index (χ3n) is 2.21. The van der Waals surface area contributed by atoms with Crippen molar-refractivity contribution in [3.8, 4) is 0 Å². The van der Waals surface area contributed by atoms with E-state index in [1.54, 1.807) is 18.6 Å². The second-order valence-electron chi connectivity index (χ2n) is 3.44. The van der Waals surface area contributed by atoms with Crippen LogP contribution in [-0.2, 0) is 13.0 Å². The number of aromatic nitrogens is 3. The van der Waals surface area contributed by atoms with Crippen molar-refractivity contribution in [1.29, 1.82) is 0 Å². The molecule has 0 aliphatic carbocycles. The molecule has 0 amide bonds. The average Bonchev–Trinajstić information content (AvgIpc) is 2.37. The molecule has 1 N–H and O–H groups in total. The van der Waals surface area contributed by atoms with E-state index in [2.05, 4.69) is 20.3 Å². The molecule has 2 heterocycles. The molecule has 4 heteroatoms. The first-order valence-electron chi connectivity index (χ1n) is 5.30. The maximum absolute atomic E-state index is 4.26. The molecule has 0 atom stereocenters. The van der Waals surface area contributed by atoms with E-state index in [0.717, 1.165) is 30.9 Å². The van der Waals surface area contributed by atoms with Crippen molar-refractivity contribution < 1.29 is 0 Å². The summed E-state index contributed by atoms with van der Waals surface area (Å²) in [7, 11) is 0. The predicted molar refractivity (Wildman–Crippen MR) is 61.7 cm³/mol. The third-order valence-corrected chi connectivity index (χ3v) is 2.21. The Morgan fingerprint density at radius 1 is 1.00 bits per heavy atom. The van der Waals surface area contributed by atoms with Crippen molar-refractivity contribution >= 4 is 0 Å². The average molecular weight is 214 g/mol. The van der Waals surface area contributed by atoms with E-state index in [9.17, 15) is 0 Å². The molecule has 0 saturated heterocycles. The SMILES string of the molecule is c1ccc(CCNCc2cnccn2)nc1. The fourth-order valence-corrected chi connectivity index (χ4v) is 1.40. The summed E-state index contributed by atoms with van der Waals surface area (Å²) in [5.74, 6) is 0. The summed E-state index contributed by atoms with van der Waals surface area (Å²) in [6.07, 6.45) is 7.90. The molecule has 2 rings (SSSR count). The minimum atomic E-state index is 0.751. The molecule has 16 heavy (non-hydrogen) atoms. The fourth-order valence-electron chi connectivity index (χ4n) is 1.40. The second kappa shape index (κ2) is 5.92. The number of rotatable bonds is 5. The Morgan fingerprint density at radius 2 is 1.94 bits per heavy atom. The van der Waals surface area contributed by atoms with E-state index < -0.39 is 0 Å². The van der Waals surface area contributed by atoms with Crippen LogP contribution in [0.25, 0.3) is 0 Å². The number of nitrogens with one attached hydrogen (secondary N) is 1. The molecule has 0 spiro atoms. The van der Waals surface area contributed by atoms with Gasteiger partial charge in [-0.25, -0.2) is 0 Å². The van der Waals surface area contributed by atoms with Crippen LogP contribution in [0.1, 0.15) is 11.4 Å². The molecule has 0 aliphatic rings. The van der Waals surface area contributed by atoms with Gasteiger partial charge in [-0.2, -0.15) is 0 Å². The van der Waals surface area contributed by atoms with Crippen LogP contribution in [0.2, 0.25) is 0 Å². The lowest BCUT2D eigenvalue weighted by molar-refractivity contribution is 0.666. The molecule has 0 radical (unpaired) electrons. The molecule has 2 aromatic rings. The first-order chi connectivity index (χ1) is 7.95. The summed E-state index contributed by atoms with van der Waals surface area (Å²) in [5, 5.41) is 3.31. The third kappa shape index (κ3) is 3.40. The van der Waals surface area contributed by atoms with Crippen LogP contribution >= 0.6 is 0 Å². The van der Waals surface area contributed by atoms with E-state index in [1.807, 2.05) is 24.4 Å². The van der Waals surface area contributed by atoms with Gasteiger partial charge in [-0.15, -0.1) is 0 Å². The Morgan fingerprint density at radius 3 is 2.69 bits per heavy atom.